The van der Waals surface area contributed by atoms with Crippen molar-refractivity contribution in [3.05, 3.63) is 33.8 Å². The number of halogens is 2. The van der Waals surface area contributed by atoms with Gasteiger partial charge in [-0.2, -0.15) is 0 Å². The molecule has 3 N–H and O–H groups in total. The molecule has 80 valence electrons. The maximum absolute atomic E-state index is 8.54. The fourth-order valence-corrected chi connectivity index (χ4v) is 1.94. The third-order valence-corrected chi connectivity index (χ3v) is 2.50. The molecule has 0 bridgehead atoms. The van der Waals surface area contributed by atoms with E-state index in [4.69, 9.17) is 22.5 Å². The van der Waals surface area contributed by atoms with Crippen molar-refractivity contribution in [2.24, 2.45) is 10.9 Å². The number of fused-ring (bicyclic) bond motifs is 1. The Bertz CT molecular complexity index is 467. The molecule has 0 unspecified atom stereocenters. The van der Waals surface area contributed by atoms with Crippen LogP contribution in [-0.4, -0.2) is 11.0 Å². The van der Waals surface area contributed by atoms with Crippen molar-refractivity contribution in [3.8, 4) is 0 Å². The highest BCUT2D eigenvalue weighted by molar-refractivity contribution is 6.34. The van der Waals surface area contributed by atoms with Gasteiger partial charge in [0.05, 0.1) is 0 Å². The van der Waals surface area contributed by atoms with Gasteiger partial charge in [0.15, 0.2) is 5.84 Å². The molecule has 0 aliphatic heterocycles. The minimum Gasteiger partial charge on any atom is -0.409 e. The van der Waals surface area contributed by atoms with Gasteiger partial charge >= 0.3 is 0 Å². The number of benzene rings is 1. The molecule has 0 saturated carbocycles. The van der Waals surface area contributed by atoms with Gasteiger partial charge < -0.3 is 10.9 Å². The number of hydrogen-bond donors (Lipinski definition) is 2. The first kappa shape index (κ1) is 11.9. The van der Waals surface area contributed by atoms with E-state index in [9.17, 15) is 0 Å². The summed E-state index contributed by atoms with van der Waals surface area (Å²) in [6.45, 7) is 1.95. The summed E-state index contributed by atoms with van der Waals surface area (Å²) in [5, 5.41) is 12.2. The van der Waals surface area contributed by atoms with E-state index >= 15 is 0 Å². The number of rotatable bonds is 1. The summed E-state index contributed by atoms with van der Waals surface area (Å²) in [4.78, 5) is 0. The van der Waals surface area contributed by atoms with Crippen LogP contribution >= 0.6 is 24.0 Å². The van der Waals surface area contributed by atoms with Crippen LogP contribution < -0.4 is 5.73 Å². The van der Waals surface area contributed by atoms with Gasteiger partial charge in [-0.15, -0.1) is 12.4 Å². The Balaban J connectivity index is 0.00000112. The van der Waals surface area contributed by atoms with Crippen LogP contribution in [0.1, 0.15) is 16.7 Å². The highest BCUT2D eigenvalue weighted by Crippen LogP contribution is 2.37. The number of hydrogen-bond acceptors (Lipinski definition) is 2. The lowest BCUT2D eigenvalue weighted by Gasteiger charge is -2.21. The average molecular weight is 245 g/mol. The van der Waals surface area contributed by atoms with Gasteiger partial charge in [0.1, 0.15) is 0 Å². The van der Waals surface area contributed by atoms with E-state index in [1.54, 1.807) is 0 Å². The van der Waals surface area contributed by atoms with Crippen LogP contribution in [0.3, 0.4) is 0 Å². The van der Waals surface area contributed by atoms with Crippen molar-refractivity contribution in [2.45, 2.75) is 6.92 Å². The molecule has 1 aliphatic rings. The minimum absolute atomic E-state index is 0. The predicted molar refractivity (Wildman–Crippen MR) is 64.7 cm³/mol. The van der Waals surface area contributed by atoms with Gasteiger partial charge in [-0.1, -0.05) is 16.8 Å². The standard InChI is InChI=1S/C10H9ClN2O.ClH/c1-5-2-7(11)3-6-4-8(9(5)6)10(12)13-14;/h2-4,14H,1H3,(H2,12,13);1H. The van der Waals surface area contributed by atoms with Crippen molar-refractivity contribution in [2.75, 3.05) is 0 Å². The quantitative estimate of drug-likeness (QED) is 0.346. The number of oxime groups is 1. The van der Waals surface area contributed by atoms with Crippen LogP contribution in [-0.2, 0) is 0 Å². The topological polar surface area (TPSA) is 58.6 Å². The molecule has 2 rings (SSSR count). The number of amidine groups is 1. The number of nitrogens with two attached hydrogens (primary N) is 1. The Morgan fingerprint density at radius 2 is 2.13 bits per heavy atom. The first-order valence-electron chi connectivity index (χ1n) is 4.13. The zero-order valence-electron chi connectivity index (χ0n) is 7.99. The highest BCUT2D eigenvalue weighted by Gasteiger charge is 2.22. The molecule has 0 atom stereocenters. The fraction of sp³-hybridized carbons (Fsp3) is 0.100. The molecule has 1 aliphatic carbocycles. The summed E-state index contributed by atoms with van der Waals surface area (Å²) in [7, 11) is 0. The molecule has 0 aromatic heterocycles. The molecule has 0 radical (unpaired) electrons. The summed E-state index contributed by atoms with van der Waals surface area (Å²) < 4.78 is 0. The van der Waals surface area contributed by atoms with Crippen molar-refractivity contribution < 1.29 is 5.21 Å². The average Bonchev–Trinajstić information content (AvgIpc) is 2.08. The summed E-state index contributed by atoms with van der Waals surface area (Å²) in [5.74, 6) is 0.142. The zero-order valence-corrected chi connectivity index (χ0v) is 9.56. The predicted octanol–water partition coefficient (Wildman–Crippen LogP) is 2.67. The van der Waals surface area contributed by atoms with Crippen LogP contribution in [0.25, 0.3) is 11.6 Å². The van der Waals surface area contributed by atoms with E-state index in [0.29, 0.717) is 5.02 Å². The monoisotopic (exact) mass is 244 g/mol. The second kappa shape index (κ2) is 4.13. The minimum atomic E-state index is 0. The zero-order chi connectivity index (χ0) is 10.3. The molecule has 5 heteroatoms. The van der Waals surface area contributed by atoms with Crippen molar-refractivity contribution in [1.29, 1.82) is 0 Å². The maximum Gasteiger partial charge on any atom is 0.170 e. The molecule has 1 aromatic rings. The molecule has 0 heterocycles. The normalized spacial score (nSPS) is 13.5. The Kier molecular flexibility index (Phi) is 3.27. The third kappa shape index (κ3) is 1.80. The molecule has 0 saturated heterocycles. The SMILES string of the molecule is Cc1cc(Cl)cc2c1C(C(N)=NO)=C2.Cl. The first-order valence-corrected chi connectivity index (χ1v) is 4.51. The lowest BCUT2D eigenvalue weighted by molar-refractivity contribution is 0.319. The number of nitrogens with zero attached hydrogens (tertiary/aromatic N) is 1. The molecular formula is C10H10Cl2N2O. The van der Waals surface area contributed by atoms with Crippen LogP contribution in [0.4, 0.5) is 0 Å². The number of aryl methyl sites for hydroxylation is 1. The largest absolute Gasteiger partial charge is 0.409 e. The third-order valence-electron chi connectivity index (χ3n) is 2.28. The highest BCUT2D eigenvalue weighted by atomic mass is 35.5. The van der Waals surface area contributed by atoms with Gasteiger partial charge in [-0.05, 0) is 41.8 Å². The van der Waals surface area contributed by atoms with Crippen LogP contribution in [0, 0.1) is 6.92 Å². The van der Waals surface area contributed by atoms with Crippen LogP contribution in [0.5, 0.6) is 0 Å². The molecule has 0 amide bonds. The molecule has 15 heavy (non-hydrogen) atoms. The van der Waals surface area contributed by atoms with Gasteiger partial charge in [-0.3, -0.25) is 0 Å². The second-order valence-corrected chi connectivity index (χ2v) is 3.67. The molecule has 1 aromatic carbocycles. The second-order valence-electron chi connectivity index (χ2n) is 3.23. The summed E-state index contributed by atoms with van der Waals surface area (Å²) in [5.41, 5.74) is 9.37. The smallest absolute Gasteiger partial charge is 0.170 e. The van der Waals surface area contributed by atoms with Gasteiger partial charge in [0.2, 0.25) is 0 Å². The maximum atomic E-state index is 8.54. The summed E-state index contributed by atoms with van der Waals surface area (Å²) in [6.07, 6.45) is 1.85. The van der Waals surface area contributed by atoms with Crippen LogP contribution in [0.15, 0.2) is 17.3 Å². The molecule has 0 fully saturated rings. The van der Waals surface area contributed by atoms with E-state index in [1.807, 2.05) is 25.1 Å². The van der Waals surface area contributed by atoms with Crippen molar-refractivity contribution in [1.82, 2.24) is 0 Å². The first-order chi connectivity index (χ1) is 6.63. The Labute approximate surface area is 98.6 Å². The van der Waals surface area contributed by atoms with E-state index in [-0.39, 0.29) is 18.2 Å². The summed E-state index contributed by atoms with van der Waals surface area (Å²) >= 11 is 5.88. The Hall–Kier alpha value is -1.19. The van der Waals surface area contributed by atoms with E-state index in [2.05, 4.69) is 5.16 Å². The lowest BCUT2D eigenvalue weighted by Crippen LogP contribution is -2.19. The fourth-order valence-electron chi connectivity index (χ4n) is 1.66. The van der Waals surface area contributed by atoms with E-state index in [1.165, 1.54) is 0 Å². The van der Waals surface area contributed by atoms with E-state index in [0.717, 1.165) is 22.3 Å². The van der Waals surface area contributed by atoms with Crippen molar-refractivity contribution >= 4 is 41.5 Å². The molecular weight excluding hydrogens is 235 g/mol. The Morgan fingerprint density at radius 1 is 1.47 bits per heavy atom. The van der Waals surface area contributed by atoms with Gasteiger partial charge in [0, 0.05) is 10.6 Å². The molecule has 0 spiro atoms. The van der Waals surface area contributed by atoms with Crippen LogP contribution in [0.2, 0.25) is 5.02 Å². The summed E-state index contributed by atoms with van der Waals surface area (Å²) in [6, 6.07) is 3.72. The van der Waals surface area contributed by atoms with Gasteiger partial charge in [-0.25, -0.2) is 0 Å². The van der Waals surface area contributed by atoms with Gasteiger partial charge in [0.25, 0.3) is 0 Å². The van der Waals surface area contributed by atoms with E-state index < -0.39 is 0 Å². The molecule has 3 nitrogen and oxygen atoms in total. The van der Waals surface area contributed by atoms with Crippen molar-refractivity contribution in [3.63, 3.8) is 0 Å². The Morgan fingerprint density at radius 3 is 2.67 bits per heavy atom. The lowest BCUT2D eigenvalue weighted by atomic mass is 9.84.